The number of allylic oxidation sites excluding steroid dienone is 2. The maximum atomic E-state index is 2.94. The van der Waals surface area contributed by atoms with Gasteiger partial charge in [-0.2, -0.15) is 0 Å². The molecule has 17 heavy (non-hydrogen) atoms. The van der Waals surface area contributed by atoms with Crippen molar-refractivity contribution in [1.29, 1.82) is 0 Å². The van der Waals surface area contributed by atoms with Crippen LogP contribution in [0.4, 0.5) is 0 Å². The molecule has 0 unspecified atom stereocenters. The van der Waals surface area contributed by atoms with Crippen molar-refractivity contribution < 1.29 is 45.5 Å². The van der Waals surface area contributed by atoms with Crippen molar-refractivity contribution in [1.82, 2.24) is 0 Å². The number of hydrogen-bond donors (Lipinski definition) is 0. The molecule has 2 rings (SSSR count). The topological polar surface area (TPSA) is 0 Å². The van der Waals surface area contributed by atoms with Gasteiger partial charge in [0.05, 0.1) is 27.7 Å². The second-order valence-corrected chi connectivity index (χ2v) is 4.05. The molecule has 2 aliphatic rings. The first-order valence-corrected chi connectivity index (χ1v) is 4.51. The van der Waals surface area contributed by atoms with Crippen LogP contribution in [0.1, 0.15) is 0 Å². The minimum absolute atomic E-state index is 0. The monoisotopic (exact) mass is 376 g/mol. The van der Waals surface area contributed by atoms with E-state index in [1.807, 2.05) is 0 Å². The number of halogens is 1. The zero-order chi connectivity index (χ0) is 11.1. The summed E-state index contributed by atoms with van der Waals surface area (Å²) < 4.78 is 0.901. The van der Waals surface area contributed by atoms with E-state index in [1.54, 1.807) is 0 Å². The molecule has 0 fully saturated rings. The Kier molecular flexibility index (Phi) is 10.4. The summed E-state index contributed by atoms with van der Waals surface area (Å²) in [7, 11) is 6.40. The van der Waals surface area contributed by atoms with Gasteiger partial charge in [0.1, 0.15) is 0 Å². The Bertz CT molecular complexity index is 497. The van der Waals surface area contributed by atoms with E-state index in [1.165, 1.54) is 0 Å². The molecule has 87 valence electrons. The molecule has 0 saturated heterocycles. The SMILES string of the molecule is C[N+](C)(C)CC1=C=C=C=[C-]1.[C]1=C=C=C=[C-]1.[Fe+2].[I-]. The first kappa shape index (κ1) is 18.7. The Labute approximate surface area is 131 Å². The van der Waals surface area contributed by atoms with Gasteiger partial charge in [0.2, 0.25) is 0 Å². The van der Waals surface area contributed by atoms with Gasteiger partial charge >= 0.3 is 17.1 Å². The van der Waals surface area contributed by atoms with Crippen LogP contribution >= 0.6 is 0 Å². The molecule has 0 heterocycles. The second-order valence-electron chi connectivity index (χ2n) is 4.05. The van der Waals surface area contributed by atoms with Gasteiger partial charge in [-0.25, -0.2) is 11.5 Å². The van der Waals surface area contributed by atoms with Crippen LogP contribution in [-0.2, 0) is 17.1 Å². The Morgan fingerprint density at radius 1 is 1.06 bits per heavy atom. The molecule has 0 aromatic rings. The maximum Gasteiger partial charge on any atom is 2.00 e. The summed E-state index contributed by atoms with van der Waals surface area (Å²) >= 11 is 0. The van der Waals surface area contributed by atoms with E-state index in [2.05, 4.69) is 73.8 Å². The third-order valence-electron chi connectivity index (χ3n) is 1.43. The number of nitrogens with zero attached hydrogens (tertiary/aromatic N) is 1. The van der Waals surface area contributed by atoms with Crippen molar-refractivity contribution >= 4 is 0 Å². The van der Waals surface area contributed by atoms with Crippen molar-refractivity contribution in [3.05, 3.63) is 58.2 Å². The zero-order valence-corrected chi connectivity index (χ0v) is 13.1. The minimum Gasteiger partial charge on any atom is -1.00 e. The van der Waals surface area contributed by atoms with Crippen LogP contribution in [0.3, 0.4) is 0 Å². The summed E-state index contributed by atoms with van der Waals surface area (Å²) in [4.78, 5) is 0. The van der Waals surface area contributed by atoms with Crippen LogP contribution in [0.5, 0.6) is 0 Å². The third kappa shape index (κ3) is 10.3. The fourth-order valence-electron chi connectivity index (χ4n) is 0.954. The molecule has 3 heteroatoms. The minimum atomic E-state index is 0. The van der Waals surface area contributed by atoms with E-state index in [0.717, 1.165) is 16.6 Å². The van der Waals surface area contributed by atoms with Gasteiger partial charge in [-0.05, 0) is 0 Å². The van der Waals surface area contributed by atoms with E-state index in [-0.39, 0.29) is 41.0 Å². The number of hydrogen-bond acceptors (Lipinski definition) is 0. The molecule has 2 aliphatic carbocycles. The van der Waals surface area contributed by atoms with Crippen molar-refractivity contribution in [2.75, 3.05) is 27.7 Å². The van der Waals surface area contributed by atoms with Crippen molar-refractivity contribution in [2.24, 2.45) is 0 Å². The van der Waals surface area contributed by atoms with Crippen LogP contribution in [0.2, 0.25) is 0 Å². The van der Waals surface area contributed by atoms with Crippen LogP contribution < -0.4 is 24.0 Å². The smallest absolute Gasteiger partial charge is 1.00 e. The predicted octanol–water partition coefficient (Wildman–Crippen LogP) is -1.47. The summed E-state index contributed by atoms with van der Waals surface area (Å²) in [5, 5.41) is 0. The summed E-state index contributed by atoms with van der Waals surface area (Å²) in [5.74, 6) is 0. The molecule has 0 amide bonds. The molecule has 0 aromatic heterocycles. The molecule has 0 saturated carbocycles. The maximum absolute atomic E-state index is 2.94. The molecule has 1 radical (unpaired) electrons. The van der Waals surface area contributed by atoms with Crippen LogP contribution in [0.15, 0.2) is 40.0 Å². The zero-order valence-electron chi connectivity index (χ0n) is 9.89. The van der Waals surface area contributed by atoms with Crippen molar-refractivity contribution in [3.8, 4) is 0 Å². The van der Waals surface area contributed by atoms with Gasteiger partial charge < -0.3 is 28.5 Å². The van der Waals surface area contributed by atoms with Gasteiger partial charge in [-0.15, -0.1) is 18.2 Å². The molecule has 0 N–H and O–H groups in total. The number of likely N-dealkylation sites (N-methyl/N-ethyl adjacent to an activating group) is 1. The van der Waals surface area contributed by atoms with Gasteiger partial charge in [-0.3, -0.25) is 22.9 Å². The van der Waals surface area contributed by atoms with E-state index < -0.39 is 0 Å². The Morgan fingerprint density at radius 3 is 2.06 bits per heavy atom. The Morgan fingerprint density at radius 2 is 1.76 bits per heavy atom. The fourth-order valence-corrected chi connectivity index (χ4v) is 0.954. The molecule has 0 aromatic carbocycles. The fraction of sp³-hybridized carbons (Fsp3) is 0.286. The summed E-state index contributed by atoms with van der Waals surface area (Å²) in [6.07, 6.45) is 7.94. The third-order valence-corrected chi connectivity index (χ3v) is 1.43. The average Bonchev–Trinajstić information content (AvgIpc) is 2.71. The molecular weight excluding hydrogens is 365 g/mol. The predicted molar refractivity (Wildman–Crippen MR) is 57.2 cm³/mol. The Hall–Kier alpha value is -0.631. The van der Waals surface area contributed by atoms with Crippen LogP contribution in [0.25, 0.3) is 0 Å². The summed E-state index contributed by atoms with van der Waals surface area (Å²) in [6, 6.07) is 0. The first-order chi connectivity index (χ1) is 7.08. The largest absolute Gasteiger partial charge is 2.00 e. The van der Waals surface area contributed by atoms with Crippen LogP contribution in [-0.4, -0.2) is 32.2 Å². The average molecular weight is 376 g/mol. The molecule has 0 aliphatic heterocycles. The van der Waals surface area contributed by atoms with Gasteiger partial charge in [-0.1, -0.05) is 5.57 Å². The number of rotatable bonds is 2. The molecule has 0 atom stereocenters. The molecule has 0 spiro atoms. The van der Waals surface area contributed by atoms with Crippen molar-refractivity contribution in [3.63, 3.8) is 0 Å². The van der Waals surface area contributed by atoms with Crippen LogP contribution in [0, 0.1) is 18.2 Å². The normalized spacial score (nSPS) is 11.8. The number of quaternary nitrogens is 1. The van der Waals surface area contributed by atoms with E-state index in [9.17, 15) is 0 Å². The molecular formula is C14H11FeIN. The second kappa shape index (κ2) is 9.40. The first-order valence-electron chi connectivity index (χ1n) is 4.51. The summed E-state index contributed by atoms with van der Waals surface area (Å²) in [6.45, 7) is 0.944. The molecule has 1 nitrogen and oxygen atoms in total. The summed E-state index contributed by atoms with van der Waals surface area (Å²) in [5.41, 5.74) is 17.0. The molecule has 0 bridgehead atoms. The van der Waals surface area contributed by atoms with Gasteiger partial charge in [0.25, 0.3) is 0 Å². The van der Waals surface area contributed by atoms with Gasteiger partial charge in [0.15, 0.2) is 0 Å². The van der Waals surface area contributed by atoms with E-state index in [4.69, 9.17) is 0 Å². The quantitative estimate of drug-likeness (QED) is 0.182. The Balaban J connectivity index is 0. The van der Waals surface area contributed by atoms with Crippen molar-refractivity contribution in [2.45, 2.75) is 0 Å². The van der Waals surface area contributed by atoms with E-state index in [0.29, 0.717) is 0 Å². The standard InChI is InChI=1S/C9H11N.C5.Fe.HI/c1-10(2,3)8-9-6-4-5-7-9;1-2-4-5-3-1;;/h8H2,1-3H3;;;1H/q;-1;+2;/p-1. The van der Waals surface area contributed by atoms with E-state index >= 15 is 0 Å². The van der Waals surface area contributed by atoms with Gasteiger partial charge in [0, 0.05) is 0 Å².